The number of nitrogens with one attached hydrogen (secondary N) is 1. The van der Waals surface area contributed by atoms with Crippen molar-refractivity contribution in [2.24, 2.45) is 5.41 Å². The van der Waals surface area contributed by atoms with Crippen LogP contribution < -0.4 is 5.32 Å². The molecule has 18 heavy (non-hydrogen) atoms. The van der Waals surface area contributed by atoms with Gasteiger partial charge >= 0.3 is 0 Å². The zero-order chi connectivity index (χ0) is 13.2. The van der Waals surface area contributed by atoms with E-state index in [1.54, 1.807) is 0 Å². The van der Waals surface area contributed by atoms with E-state index < -0.39 is 0 Å². The van der Waals surface area contributed by atoms with Crippen LogP contribution in [0.3, 0.4) is 0 Å². The lowest BCUT2D eigenvalue weighted by Gasteiger charge is -2.36. The van der Waals surface area contributed by atoms with Crippen molar-refractivity contribution in [3.05, 3.63) is 28.2 Å². The number of hydrogen-bond donors (Lipinski definition) is 1. The van der Waals surface area contributed by atoms with E-state index in [9.17, 15) is 0 Å². The molecule has 96 valence electrons. The molecule has 0 heterocycles. The van der Waals surface area contributed by atoms with Crippen LogP contribution in [0.25, 0.3) is 0 Å². The SMILES string of the molecule is CC1(C)CCCC(Nc2ccc(C#N)cc2Br)C1. The van der Waals surface area contributed by atoms with Gasteiger partial charge in [0.15, 0.2) is 0 Å². The molecule has 1 N–H and O–H groups in total. The van der Waals surface area contributed by atoms with Crippen LogP contribution in [0, 0.1) is 16.7 Å². The van der Waals surface area contributed by atoms with E-state index in [0.717, 1.165) is 10.2 Å². The van der Waals surface area contributed by atoms with Crippen molar-refractivity contribution in [1.29, 1.82) is 5.26 Å². The Morgan fingerprint density at radius 3 is 2.83 bits per heavy atom. The van der Waals surface area contributed by atoms with E-state index in [4.69, 9.17) is 5.26 Å². The molecule has 0 amide bonds. The third kappa shape index (κ3) is 3.26. The Bertz CT molecular complexity index is 474. The van der Waals surface area contributed by atoms with Crippen molar-refractivity contribution < 1.29 is 0 Å². The summed E-state index contributed by atoms with van der Waals surface area (Å²) in [6.45, 7) is 4.68. The molecule has 2 rings (SSSR count). The average molecular weight is 307 g/mol. The van der Waals surface area contributed by atoms with E-state index in [1.165, 1.54) is 25.7 Å². The molecule has 1 saturated carbocycles. The fourth-order valence-corrected chi connectivity index (χ4v) is 3.24. The molecular weight excluding hydrogens is 288 g/mol. The molecule has 0 bridgehead atoms. The molecule has 1 aliphatic carbocycles. The predicted molar refractivity (Wildman–Crippen MR) is 78.5 cm³/mol. The molecule has 0 radical (unpaired) electrons. The number of rotatable bonds is 2. The number of nitriles is 1. The van der Waals surface area contributed by atoms with Gasteiger partial charge in [0.2, 0.25) is 0 Å². The molecule has 3 heteroatoms. The van der Waals surface area contributed by atoms with Gasteiger partial charge in [-0.05, 0) is 58.8 Å². The third-order valence-electron chi connectivity index (χ3n) is 3.66. The molecular formula is C15H19BrN2. The van der Waals surface area contributed by atoms with Crippen molar-refractivity contribution in [2.45, 2.75) is 45.6 Å². The maximum absolute atomic E-state index is 8.85. The van der Waals surface area contributed by atoms with Gasteiger partial charge in [-0.15, -0.1) is 0 Å². The van der Waals surface area contributed by atoms with Gasteiger partial charge in [0, 0.05) is 16.2 Å². The third-order valence-corrected chi connectivity index (χ3v) is 4.32. The van der Waals surface area contributed by atoms with Crippen LogP contribution in [0.1, 0.15) is 45.1 Å². The van der Waals surface area contributed by atoms with Crippen LogP contribution in [-0.2, 0) is 0 Å². The predicted octanol–water partition coefficient (Wildman–Crippen LogP) is 4.70. The Labute approximate surface area is 118 Å². The molecule has 1 fully saturated rings. The summed E-state index contributed by atoms with van der Waals surface area (Å²) in [6, 6.07) is 8.42. The first-order chi connectivity index (χ1) is 8.50. The molecule has 1 unspecified atom stereocenters. The van der Waals surface area contributed by atoms with Crippen molar-refractivity contribution in [3.8, 4) is 6.07 Å². The monoisotopic (exact) mass is 306 g/mol. The Kier molecular flexibility index (Phi) is 3.97. The highest BCUT2D eigenvalue weighted by Gasteiger charge is 2.27. The van der Waals surface area contributed by atoms with Crippen LogP contribution in [-0.4, -0.2) is 6.04 Å². The van der Waals surface area contributed by atoms with E-state index >= 15 is 0 Å². The Balaban J connectivity index is 2.08. The minimum Gasteiger partial charge on any atom is -0.381 e. The lowest BCUT2D eigenvalue weighted by Crippen LogP contribution is -2.31. The van der Waals surface area contributed by atoms with Gasteiger partial charge in [-0.1, -0.05) is 20.3 Å². The molecule has 1 atom stereocenters. The highest BCUT2D eigenvalue weighted by Crippen LogP contribution is 2.37. The van der Waals surface area contributed by atoms with Crippen LogP contribution in [0.2, 0.25) is 0 Å². The van der Waals surface area contributed by atoms with Crippen molar-refractivity contribution in [3.63, 3.8) is 0 Å². The Morgan fingerprint density at radius 2 is 2.22 bits per heavy atom. The summed E-state index contributed by atoms with van der Waals surface area (Å²) in [5.41, 5.74) is 2.22. The van der Waals surface area contributed by atoms with Crippen LogP contribution >= 0.6 is 15.9 Å². The normalized spacial score (nSPS) is 22.2. The number of anilines is 1. The standard InChI is InChI=1S/C15H19BrN2/c1-15(2)7-3-4-12(9-15)18-14-6-5-11(10-17)8-13(14)16/h5-6,8,12,18H,3-4,7,9H2,1-2H3. The second-order valence-corrected chi connectivity index (χ2v) is 6.76. The maximum atomic E-state index is 8.85. The summed E-state index contributed by atoms with van der Waals surface area (Å²) in [5.74, 6) is 0. The van der Waals surface area contributed by atoms with Gasteiger partial charge in [-0.3, -0.25) is 0 Å². The highest BCUT2D eigenvalue weighted by molar-refractivity contribution is 9.10. The van der Waals surface area contributed by atoms with Crippen LogP contribution in [0.15, 0.2) is 22.7 Å². The molecule has 0 spiro atoms. The fourth-order valence-electron chi connectivity index (χ4n) is 2.74. The van der Waals surface area contributed by atoms with Gasteiger partial charge in [0.05, 0.1) is 11.6 Å². The maximum Gasteiger partial charge on any atom is 0.0992 e. The Morgan fingerprint density at radius 1 is 1.44 bits per heavy atom. The van der Waals surface area contributed by atoms with Gasteiger partial charge in [0.25, 0.3) is 0 Å². The summed E-state index contributed by atoms with van der Waals surface area (Å²) in [5, 5.41) is 12.5. The summed E-state index contributed by atoms with van der Waals surface area (Å²) in [6.07, 6.45) is 5.05. The quantitative estimate of drug-likeness (QED) is 0.859. The lowest BCUT2D eigenvalue weighted by molar-refractivity contribution is 0.229. The summed E-state index contributed by atoms with van der Waals surface area (Å²) < 4.78 is 0.977. The summed E-state index contributed by atoms with van der Waals surface area (Å²) in [7, 11) is 0. The molecule has 2 nitrogen and oxygen atoms in total. The minimum absolute atomic E-state index is 0.439. The minimum atomic E-state index is 0.439. The highest BCUT2D eigenvalue weighted by atomic mass is 79.9. The topological polar surface area (TPSA) is 35.8 Å². The van der Waals surface area contributed by atoms with E-state index in [1.807, 2.05) is 18.2 Å². The first-order valence-electron chi connectivity index (χ1n) is 6.46. The van der Waals surface area contributed by atoms with Crippen molar-refractivity contribution >= 4 is 21.6 Å². The largest absolute Gasteiger partial charge is 0.381 e. The van der Waals surface area contributed by atoms with E-state index in [-0.39, 0.29) is 0 Å². The van der Waals surface area contributed by atoms with E-state index in [2.05, 4.69) is 41.2 Å². The number of halogens is 1. The van der Waals surface area contributed by atoms with Crippen LogP contribution in [0.4, 0.5) is 5.69 Å². The smallest absolute Gasteiger partial charge is 0.0992 e. The molecule has 0 aromatic heterocycles. The number of nitrogens with zero attached hydrogens (tertiary/aromatic N) is 1. The lowest BCUT2D eigenvalue weighted by atomic mass is 9.75. The van der Waals surface area contributed by atoms with Gasteiger partial charge in [-0.25, -0.2) is 0 Å². The first kappa shape index (κ1) is 13.4. The van der Waals surface area contributed by atoms with Gasteiger partial charge in [0.1, 0.15) is 0 Å². The molecule has 1 aliphatic rings. The van der Waals surface area contributed by atoms with Gasteiger partial charge < -0.3 is 5.32 Å². The zero-order valence-electron chi connectivity index (χ0n) is 11.0. The van der Waals surface area contributed by atoms with Crippen molar-refractivity contribution in [1.82, 2.24) is 0 Å². The average Bonchev–Trinajstić information content (AvgIpc) is 2.30. The van der Waals surface area contributed by atoms with Gasteiger partial charge in [-0.2, -0.15) is 5.26 Å². The second-order valence-electron chi connectivity index (χ2n) is 5.91. The molecule has 1 aromatic carbocycles. The first-order valence-corrected chi connectivity index (χ1v) is 7.26. The summed E-state index contributed by atoms with van der Waals surface area (Å²) >= 11 is 3.53. The fraction of sp³-hybridized carbons (Fsp3) is 0.533. The second kappa shape index (κ2) is 5.32. The zero-order valence-corrected chi connectivity index (χ0v) is 12.5. The van der Waals surface area contributed by atoms with Crippen LogP contribution in [0.5, 0.6) is 0 Å². The number of benzene rings is 1. The molecule has 1 aromatic rings. The van der Waals surface area contributed by atoms with E-state index in [0.29, 0.717) is 17.0 Å². The molecule has 0 saturated heterocycles. The molecule has 0 aliphatic heterocycles. The van der Waals surface area contributed by atoms with Crippen molar-refractivity contribution in [2.75, 3.05) is 5.32 Å². The summed E-state index contributed by atoms with van der Waals surface area (Å²) in [4.78, 5) is 0. The number of hydrogen-bond acceptors (Lipinski definition) is 2. The Hall–Kier alpha value is -1.01.